The van der Waals surface area contributed by atoms with Crippen LogP contribution in [0, 0.1) is 6.92 Å². The number of nitrogens with one attached hydrogen (secondary N) is 1. The zero-order chi connectivity index (χ0) is 20.9. The van der Waals surface area contributed by atoms with Crippen molar-refractivity contribution in [1.82, 2.24) is 14.9 Å². The average Bonchev–Trinajstić information content (AvgIpc) is 3.19. The highest BCUT2D eigenvalue weighted by atomic mass is 32.1. The number of aryl methyl sites for hydroxylation is 1. The van der Waals surface area contributed by atoms with Crippen molar-refractivity contribution in [2.45, 2.75) is 13.5 Å². The van der Waals surface area contributed by atoms with Gasteiger partial charge in [0.25, 0.3) is 5.56 Å². The number of amides is 1. The number of carbonyl (C=O) groups excluding carboxylic acids is 1. The van der Waals surface area contributed by atoms with E-state index in [1.54, 1.807) is 0 Å². The molecule has 1 amide bonds. The summed E-state index contributed by atoms with van der Waals surface area (Å²) in [6.45, 7) is 2.62. The fourth-order valence-corrected chi connectivity index (χ4v) is 4.14. The summed E-state index contributed by atoms with van der Waals surface area (Å²) in [5.41, 5.74) is 2.59. The summed E-state index contributed by atoms with van der Waals surface area (Å²) < 4.78 is 7.51. The van der Waals surface area contributed by atoms with Gasteiger partial charge in [0.15, 0.2) is 0 Å². The number of rotatable bonds is 7. The van der Waals surface area contributed by atoms with Gasteiger partial charge < -0.3 is 10.1 Å². The van der Waals surface area contributed by atoms with Gasteiger partial charge in [0.05, 0.1) is 18.4 Å². The molecule has 0 radical (unpaired) electrons. The van der Waals surface area contributed by atoms with Crippen LogP contribution in [0.25, 0.3) is 20.7 Å². The van der Waals surface area contributed by atoms with Crippen molar-refractivity contribution in [3.63, 3.8) is 0 Å². The number of hydrogen-bond donors (Lipinski definition) is 1. The SMILES string of the molecule is Cc1cccc(OCCNC(=O)Cn2cnc3cc(-c4ccccc4)sc3c2=O)c1. The lowest BCUT2D eigenvalue weighted by Gasteiger charge is -2.09. The molecule has 0 saturated heterocycles. The van der Waals surface area contributed by atoms with Gasteiger partial charge in [-0.25, -0.2) is 4.98 Å². The number of nitrogens with zero attached hydrogens (tertiary/aromatic N) is 2. The Morgan fingerprint density at radius 3 is 2.77 bits per heavy atom. The van der Waals surface area contributed by atoms with E-state index in [9.17, 15) is 9.59 Å². The number of benzene rings is 2. The topological polar surface area (TPSA) is 73.2 Å². The van der Waals surface area contributed by atoms with E-state index in [0.29, 0.717) is 23.4 Å². The quantitative estimate of drug-likeness (QED) is 0.464. The summed E-state index contributed by atoms with van der Waals surface area (Å²) in [6, 6.07) is 19.5. The van der Waals surface area contributed by atoms with Crippen LogP contribution in [0.1, 0.15) is 5.56 Å². The summed E-state index contributed by atoms with van der Waals surface area (Å²) in [6.07, 6.45) is 1.43. The van der Waals surface area contributed by atoms with Crippen molar-refractivity contribution in [3.8, 4) is 16.2 Å². The van der Waals surface area contributed by atoms with Crippen LogP contribution in [0.2, 0.25) is 0 Å². The van der Waals surface area contributed by atoms with Gasteiger partial charge in [-0.15, -0.1) is 11.3 Å². The minimum Gasteiger partial charge on any atom is -0.492 e. The Hall–Kier alpha value is -3.45. The van der Waals surface area contributed by atoms with Crippen molar-refractivity contribution in [2.24, 2.45) is 0 Å². The van der Waals surface area contributed by atoms with Gasteiger partial charge in [-0.05, 0) is 36.2 Å². The molecule has 2 aromatic heterocycles. The monoisotopic (exact) mass is 419 g/mol. The number of hydrogen-bond acceptors (Lipinski definition) is 5. The van der Waals surface area contributed by atoms with E-state index in [2.05, 4.69) is 10.3 Å². The Bertz CT molecular complexity index is 1230. The van der Waals surface area contributed by atoms with Gasteiger partial charge in [0, 0.05) is 4.88 Å². The van der Waals surface area contributed by atoms with Gasteiger partial charge in [-0.2, -0.15) is 0 Å². The molecular weight excluding hydrogens is 398 g/mol. The lowest BCUT2D eigenvalue weighted by Crippen LogP contribution is -2.34. The Balaban J connectivity index is 1.38. The largest absolute Gasteiger partial charge is 0.492 e. The maximum Gasteiger partial charge on any atom is 0.271 e. The fourth-order valence-electron chi connectivity index (χ4n) is 3.08. The lowest BCUT2D eigenvalue weighted by atomic mass is 10.2. The Kier molecular flexibility index (Phi) is 5.90. The molecule has 0 saturated carbocycles. The van der Waals surface area contributed by atoms with Crippen molar-refractivity contribution in [2.75, 3.05) is 13.2 Å². The number of aromatic nitrogens is 2. The van der Waals surface area contributed by atoms with E-state index < -0.39 is 0 Å². The number of carbonyl (C=O) groups is 1. The summed E-state index contributed by atoms with van der Waals surface area (Å²) in [7, 11) is 0. The maximum atomic E-state index is 12.8. The van der Waals surface area contributed by atoms with Crippen molar-refractivity contribution >= 4 is 27.5 Å². The predicted molar refractivity (Wildman–Crippen MR) is 119 cm³/mol. The van der Waals surface area contributed by atoms with Crippen LogP contribution in [0.4, 0.5) is 0 Å². The highest BCUT2D eigenvalue weighted by molar-refractivity contribution is 7.22. The van der Waals surface area contributed by atoms with Crippen LogP contribution in [-0.4, -0.2) is 28.6 Å². The predicted octanol–water partition coefficient (Wildman–Crippen LogP) is 3.63. The molecule has 4 rings (SSSR count). The second kappa shape index (κ2) is 8.92. The molecule has 6 nitrogen and oxygen atoms in total. The van der Waals surface area contributed by atoms with E-state index >= 15 is 0 Å². The fraction of sp³-hybridized carbons (Fsp3) is 0.174. The van der Waals surface area contributed by atoms with E-state index in [0.717, 1.165) is 21.8 Å². The lowest BCUT2D eigenvalue weighted by molar-refractivity contribution is -0.121. The molecule has 0 spiro atoms. The van der Waals surface area contributed by atoms with Gasteiger partial charge in [0.1, 0.15) is 23.6 Å². The Morgan fingerprint density at radius 1 is 1.13 bits per heavy atom. The molecule has 2 heterocycles. The van der Waals surface area contributed by atoms with Crippen LogP contribution in [0.5, 0.6) is 5.75 Å². The molecule has 0 bridgehead atoms. The third-order valence-corrected chi connectivity index (χ3v) is 5.72. The molecule has 0 unspecified atom stereocenters. The van der Waals surface area contributed by atoms with Crippen molar-refractivity contribution in [1.29, 1.82) is 0 Å². The van der Waals surface area contributed by atoms with Gasteiger partial charge in [-0.1, -0.05) is 42.5 Å². The molecule has 0 aliphatic carbocycles. The standard InChI is InChI=1S/C23H21N3O3S/c1-16-6-5-9-18(12-16)29-11-10-24-21(27)14-26-15-25-19-13-20(30-22(19)23(26)28)17-7-3-2-4-8-17/h2-9,12-13,15H,10-11,14H2,1H3,(H,24,27). The average molecular weight is 420 g/mol. The zero-order valence-corrected chi connectivity index (χ0v) is 17.3. The molecular formula is C23H21N3O3S. The zero-order valence-electron chi connectivity index (χ0n) is 16.5. The van der Waals surface area contributed by atoms with E-state index in [-0.39, 0.29) is 18.0 Å². The minimum atomic E-state index is -0.258. The van der Waals surface area contributed by atoms with Gasteiger partial charge in [-0.3, -0.25) is 14.2 Å². The second-order valence-corrected chi connectivity index (χ2v) is 7.94. The first-order chi connectivity index (χ1) is 14.6. The maximum absolute atomic E-state index is 12.8. The summed E-state index contributed by atoms with van der Waals surface area (Å²) >= 11 is 1.39. The van der Waals surface area contributed by atoms with Crippen LogP contribution in [0.3, 0.4) is 0 Å². The third-order valence-electron chi connectivity index (χ3n) is 4.56. The highest BCUT2D eigenvalue weighted by Crippen LogP contribution is 2.30. The summed E-state index contributed by atoms with van der Waals surface area (Å²) in [4.78, 5) is 30.4. The molecule has 0 aliphatic heterocycles. The van der Waals surface area contributed by atoms with Gasteiger partial charge in [0.2, 0.25) is 5.91 Å². The molecule has 7 heteroatoms. The number of ether oxygens (including phenoxy) is 1. The second-order valence-electron chi connectivity index (χ2n) is 6.88. The van der Waals surface area contributed by atoms with Gasteiger partial charge >= 0.3 is 0 Å². The van der Waals surface area contributed by atoms with E-state index in [1.165, 1.54) is 22.2 Å². The number of fused-ring (bicyclic) bond motifs is 1. The van der Waals surface area contributed by atoms with Crippen LogP contribution in [0.15, 0.2) is 71.8 Å². The molecule has 0 fully saturated rings. The first-order valence-corrected chi connectivity index (χ1v) is 10.4. The normalized spacial score (nSPS) is 10.8. The molecule has 30 heavy (non-hydrogen) atoms. The van der Waals surface area contributed by atoms with E-state index in [4.69, 9.17) is 4.74 Å². The smallest absolute Gasteiger partial charge is 0.271 e. The third kappa shape index (κ3) is 4.58. The van der Waals surface area contributed by atoms with Crippen LogP contribution < -0.4 is 15.6 Å². The van der Waals surface area contributed by atoms with Crippen molar-refractivity contribution in [3.05, 3.63) is 82.9 Å². The molecule has 2 aromatic carbocycles. The summed E-state index contributed by atoms with van der Waals surface area (Å²) in [5.74, 6) is 0.507. The summed E-state index contributed by atoms with van der Waals surface area (Å²) in [5, 5.41) is 2.77. The molecule has 1 N–H and O–H groups in total. The van der Waals surface area contributed by atoms with Crippen LogP contribution in [-0.2, 0) is 11.3 Å². The van der Waals surface area contributed by atoms with Crippen LogP contribution >= 0.6 is 11.3 Å². The minimum absolute atomic E-state index is 0.0786. The van der Waals surface area contributed by atoms with E-state index in [1.807, 2.05) is 67.6 Å². The molecule has 4 aromatic rings. The Morgan fingerprint density at radius 2 is 1.97 bits per heavy atom. The molecule has 0 atom stereocenters. The first-order valence-electron chi connectivity index (χ1n) is 9.61. The molecule has 152 valence electrons. The number of thiophene rings is 1. The Labute approximate surface area is 177 Å². The van der Waals surface area contributed by atoms with Crippen molar-refractivity contribution < 1.29 is 9.53 Å². The molecule has 0 aliphatic rings. The highest BCUT2D eigenvalue weighted by Gasteiger charge is 2.12. The first kappa shape index (κ1) is 19.8.